The van der Waals surface area contributed by atoms with Crippen LogP contribution >= 0.6 is 0 Å². The zero-order chi connectivity index (χ0) is 26.9. The van der Waals surface area contributed by atoms with E-state index in [0.29, 0.717) is 18.1 Å². The van der Waals surface area contributed by atoms with Crippen molar-refractivity contribution < 1.29 is 9.53 Å². The Kier molecular flexibility index (Phi) is 9.08. The Morgan fingerprint density at radius 2 is 1.41 bits per heavy atom. The number of carbonyl (C=O) groups is 1. The summed E-state index contributed by atoms with van der Waals surface area (Å²) in [6.45, 7) is 4.54. The van der Waals surface area contributed by atoms with Crippen LogP contribution in [-0.4, -0.2) is 30.6 Å². The van der Waals surface area contributed by atoms with Crippen molar-refractivity contribution in [2.24, 2.45) is 5.92 Å². The number of hydrogen-bond donors (Lipinski definition) is 0. The first kappa shape index (κ1) is 26.7. The third kappa shape index (κ3) is 6.96. The lowest BCUT2D eigenvalue weighted by atomic mass is 9.90. The molecule has 4 nitrogen and oxygen atoms in total. The summed E-state index contributed by atoms with van der Waals surface area (Å²) in [4.78, 5) is 14.0. The average molecular weight is 519 g/mol. The van der Waals surface area contributed by atoms with E-state index in [1.165, 1.54) is 11.1 Å². The number of amides is 1. The molecular weight excluding hydrogens is 480 g/mol. The number of carbonyl (C=O) groups excluding carboxylic acids is 1. The van der Waals surface area contributed by atoms with Crippen LogP contribution in [0.3, 0.4) is 0 Å². The van der Waals surface area contributed by atoms with Gasteiger partial charge in [-0.3, -0.25) is 4.79 Å². The number of hydrogen-bond acceptors (Lipinski definition) is 3. The number of anilines is 1. The average Bonchev–Trinajstić information content (AvgIpc) is 3.00. The number of nitrogens with zero attached hydrogens (tertiary/aromatic N) is 2. The summed E-state index contributed by atoms with van der Waals surface area (Å²) in [5, 5.41) is 4.12. The summed E-state index contributed by atoms with van der Waals surface area (Å²) < 4.78 is 5.82. The third-order valence-electron chi connectivity index (χ3n) is 7.52. The SMILES string of the molecule is CCCCOc1ccc(C(=O)N(c2ccc(-c3ccccc3)cc2)N2CCC(Cc3ccccc3)CC2)cc1. The minimum Gasteiger partial charge on any atom is -0.494 e. The van der Waals surface area contributed by atoms with Crippen LogP contribution in [0.5, 0.6) is 5.75 Å². The van der Waals surface area contributed by atoms with Crippen molar-refractivity contribution in [2.45, 2.75) is 39.0 Å². The molecule has 1 aliphatic heterocycles. The van der Waals surface area contributed by atoms with Gasteiger partial charge in [0.25, 0.3) is 5.91 Å². The summed E-state index contributed by atoms with van der Waals surface area (Å²) in [5.74, 6) is 1.42. The van der Waals surface area contributed by atoms with Crippen molar-refractivity contribution in [3.63, 3.8) is 0 Å². The Labute approximate surface area is 232 Å². The quantitative estimate of drug-likeness (QED) is 0.199. The molecule has 0 spiro atoms. The summed E-state index contributed by atoms with van der Waals surface area (Å²) in [6.07, 6.45) is 5.33. The Hall–Kier alpha value is -3.89. The smallest absolute Gasteiger partial charge is 0.272 e. The van der Waals surface area contributed by atoms with Gasteiger partial charge in [-0.1, -0.05) is 86.1 Å². The molecule has 0 bridgehead atoms. The van der Waals surface area contributed by atoms with Gasteiger partial charge >= 0.3 is 0 Å². The van der Waals surface area contributed by atoms with Gasteiger partial charge in [0, 0.05) is 18.7 Å². The maximum atomic E-state index is 14.0. The molecule has 0 atom stereocenters. The van der Waals surface area contributed by atoms with Gasteiger partial charge in [0.1, 0.15) is 5.75 Å². The molecule has 0 saturated carbocycles. The molecule has 1 saturated heterocycles. The van der Waals surface area contributed by atoms with Crippen LogP contribution in [-0.2, 0) is 6.42 Å². The van der Waals surface area contributed by atoms with Crippen molar-refractivity contribution in [3.05, 3.63) is 120 Å². The summed E-state index contributed by atoms with van der Waals surface area (Å²) in [6, 6.07) is 37.0. The molecule has 0 aliphatic carbocycles. The summed E-state index contributed by atoms with van der Waals surface area (Å²) in [5.41, 5.74) is 5.26. The fourth-order valence-electron chi connectivity index (χ4n) is 5.26. The van der Waals surface area contributed by atoms with Gasteiger partial charge < -0.3 is 4.74 Å². The monoisotopic (exact) mass is 518 g/mol. The Morgan fingerprint density at radius 3 is 2.05 bits per heavy atom. The number of hydrazine groups is 1. The van der Waals surface area contributed by atoms with E-state index >= 15 is 0 Å². The van der Waals surface area contributed by atoms with Gasteiger partial charge in [0.05, 0.1) is 12.3 Å². The van der Waals surface area contributed by atoms with Gasteiger partial charge in [-0.15, -0.1) is 0 Å². The molecule has 4 heteroatoms. The minimum atomic E-state index is -0.0101. The molecule has 0 aromatic heterocycles. The molecule has 1 aliphatic rings. The maximum Gasteiger partial charge on any atom is 0.272 e. The second-order valence-electron chi connectivity index (χ2n) is 10.3. The number of piperidine rings is 1. The molecule has 4 aromatic carbocycles. The molecule has 5 rings (SSSR count). The van der Waals surface area contributed by atoms with Gasteiger partial charge in [-0.05, 0) is 84.7 Å². The van der Waals surface area contributed by atoms with Crippen LogP contribution in [0.2, 0.25) is 0 Å². The van der Waals surface area contributed by atoms with Gasteiger partial charge in [-0.2, -0.15) is 0 Å². The predicted molar refractivity (Wildman–Crippen MR) is 160 cm³/mol. The van der Waals surface area contributed by atoms with Crippen LogP contribution in [0.25, 0.3) is 11.1 Å². The van der Waals surface area contributed by atoms with Crippen molar-refractivity contribution in [1.82, 2.24) is 5.01 Å². The maximum absolute atomic E-state index is 14.0. The number of rotatable bonds is 10. The Morgan fingerprint density at radius 1 is 0.795 bits per heavy atom. The van der Waals surface area contributed by atoms with E-state index in [0.717, 1.165) is 62.2 Å². The van der Waals surface area contributed by atoms with Crippen LogP contribution in [0.4, 0.5) is 5.69 Å². The summed E-state index contributed by atoms with van der Waals surface area (Å²) in [7, 11) is 0. The van der Waals surface area contributed by atoms with Crippen LogP contribution < -0.4 is 9.75 Å². The van der Waals surface area contributed by atoms with E-state index in [1.54, 1.807) is 0 Å². The van der Waals surface area contributed by atoms with E-state index < -0.39 is 0 Å². The molecule has 1 amide bonds. The number of benzene rings is 4. The highest BCUT2D eigenvalue weighted by Crippen LogP contribution is 2.29. The first-order valence-electron chi connectivity index (χ1n) is 14.2. The Bertz CT molecular complexity index is 1300. The van der Waals surface area contributed by atoms with Crippen molar-refractivity contribution >= 4 is 11.6 Å². The second kappa shape index (κ2) is 13.3. The zero-order valence-electron chi connectivity index (χ0n) is 22.8. The molecule has 39 heavy (non-hydrogen) atoms. The second-order valence-corrected chi connectivity index (χ2v) is 10.3. The molecule has 200 valence electrons. The fraction of sp³-hybridized carbons (Fsp3) is 0.286. The lowest BCUT2D eigenvalue weighted by Gasteiger charge is -2.40. The van der Waals surface area contributed by atoms with Gasteiger partial charge in [0.2, 0.25) is 0 Å². The predicted octanol–water partition coefficient (Wildman–Crippen LogP) is 8.05. The van der Waals surface area contributed by atoms with Crippen LogP contribution in [0.15, 0.2) is 109 Å². The Balaban J connectivity index is 1.35. The highest BCUT2D eigenvalue weighted by Gasteiger charge is 2.29. The number of unbranched alkanes of at least 4 members (excludes halogenated alkanes) is 1. The number of ether oxygens (including phenoxy) is 1. The van der Waals surface area contributed by atoms with E-state index in [4.69, 9.17) is 4.74 Å². The first-order valence-corrected chi connectivity index (χ1v) is 14.2. The molecule has 0 unspecified atom stereocenters. The van der Waals surface area contributed by atoms with E-state index in [9.17, 15) is 4.79 Å². The van der Waals surface area contributed by atoms with E-state index in [2.05, 4.69) is 78.7 Å². The molecule has 0 N–H and O–H groups in total. The minimum absolute atomic E-state index is 0.0101. The zero-order valence-corrected chi connectivity index (χ0v) is 22.8. The molecule has 4 aromatic rings. The summed E-state index contributed by atoms with van der Waals surface area (Å²) >= 11 is 0. The van der Waals surface area contributed by atoms with Crippen LogP contribution in [0.1, 0.15) is 48.5 Å². The van der Waals surface area contributed by atoms with Crippen molar-refractivity contribution in [1.29, 1.82) is 0 Å². The molecular formula is C35H38N2O2. The highest BCUT2D eigenvalue weighted by molar-refractivity contribution is 6.05. The molecule has 1 fully saturated rings. The van der Waals surface area contributed by atoms with Crippen molar-refractivity contribution in [2.75, 3.05) is 24.7 Å². The van der Waals surface area contributed by atoms with Crippen molar-refractivity contribution in [3.8, 4) is 16.9 Å². The molecule has 0 radical (unpaired) electrons. The third-order valence-corrected chi connectivity index (χ3v) is 7.52. The lowest BCUT2D eigenvalue weighted by molar-refractivity contribution is 0.0845. The highest BCUT2D eigenvalue weighted by atomic mass is 16.5. The standard InChI is InChI=1S/C35H38N2O2/c1-2-3-26-39-34-20-16-32(17-21-34)35(38)37(33-18-14-31(15-19-33)30-12-8-5-9-13-30)36-24-22-29(23-25-36)27-28-10-6-4-7-11-28/h4-21,29H,2-3,22-27H2,1H3. The fourth-order valence-corrected chi connectivity index (χ4v) is 5.26. The first-order chi connectivity index (χ1) is 19.2. The van der Waals surface area contributed by atoms with Crippen LogP contribution in [0, 0.1) is 5.92 Å². The van der Waals surface area contributed by atoms with Gasteiger partial charge in [0.15, 0.2) is 0 Å². The van der Waals surface area contributed by atoms with Gasteiger partial charge in [-0.25, -0.2) is 10.0 Å². The largest absolute Gasteiger partial charge is 0.494 e. The van der Waals surface area contributed by atoms with E-state index in [-0.39, 0.29) is 5.91 Å². The normalized spacial score (nSPS) is 14.2. The topological polar surface area (TPSA) is 32.8 Å². The van der Waals surface area contributed by atoms with E-state index in [1.807, 2.05) is 47.5 Å². The lowest BCUT2D eigenvalue weighted by Crippen LogP contribution is -2.50. The molecule has 1 heterocycles.